The molecule has 0 heterocycles. The third kappa shape index (κ3) is 12.5. The molecule has 0 spiro atoms. The maximum absolute atomic E-state index is 12.1. The van der Waals surface area contributed by atoms with Crippen LogP contribution in [0.5, 0.6) is 0 Å². The molecule has 0 bridgehead atoms. The molecule has 2 aromatic carbocycles. The quantitative estimate of drug-likeness (QED) is 0.409. The first kappa shape index (κ1) is 20.0. The van der Waals surface area contributed by atoms with Crippen molar-refractivity contribution in [3.05, 3.63) is 70.1 Å². The van der Waals surface area contributed by atoms with Gasteiger partial charge in [0.05, 0.1) is 0 Å². The van der Waals surface area contributed by atoms with Crippen molar-refractivity contribution >= 4 is 21.8 Å². The van der Waals surface area contributed by atoms with Gasteiger partial charge in [0.15, 0.2) is 9.95 Å². The average Bonchev–Trinajstić information content (AvgIpc) is 2.48. The minimum atomic E-state index is -5.17. The molecule has 2 rings (SSSR count). The van der Waals surface area contributed by atoms with Crippen LogP contribution in [0, 0.1) is 22.4 Å². The molecule has 0 aromatic heterocycles. The number of hydrogen-bond donors (Lipinski definition) is 0. The van der Waals surface area contributed by atoms with Crippen molar-refractivity contribution in [1.82, 2.24) is 0 Å². The number of benzene rings is 2. The lowest BCUT2D eigenvalue weighted by atomic mass is 10.3. The van der Waals surface area contributed by atoms with E-state index in [1.165, 1.54) is 48.5 Å². The normalized spacial score (nSPS) is 9.13. The summed E-state index contributed by atoms with van der Waals surface area (Å²) in [6.07, 6.45) is 0. The Morgan fingerprint density at radius 1 is 0.739 bits per heavy atom. The molecule has 0 N–H and O–H groups in total. The van der Waals surface area contributed by atoms with Crippen LogP contribution < -0.4 is 0 Å². The Balaban J connectivity index is 0.000000332. The fraction of sp³-hybridized carbons (Fsp3) is 0. The zero-order valence-electron chi connectivity index (χ0n) is 11.2. The van der Waals surface area contributed by atoms with Crippen LogP contribution in [0.3, 0.4) is 0 Å². The van der Waals surface area contributed by atoms with E-state index < -0.39 is 10.4 Å². The van der Waals surface area contributed by atoms with Crippen molar-refractivity contribution in [1.29, 1.82) is 10.8 Å². The molecule has 8 nitrogen and oxygen atoms in total. The first-order valence-electron chi connectivity index (χ1n) is 5.53. The Hall–Kier alpha value is -2.99. The van der Waals surface area contributed by atoms with Gasteiger partial charge < -0.3 is 9.11 Å². The van der Waals surface area contributed by atoms with E-state index in [0.717, 1.165) is 0 Å². The zero-order valence-corrected chi connectivity index (χ0v) is 12.0. The summed E-state index contributed by atoms with van der Waals surface area (Å²) in [5, 5.41) is 16.3. The van der Waals surface area contributed by atoms with Crippen molar-refractivity contribution in [3.63, 3.8) is 0 Å². The summed E-state index contributed by atoms with van der Waals surface area (Å²) in [6, 6.07) is 10.5. The van der Waals surface area contributed by atoms with Gasteiger partial charge in [0.25, 0.3) is 0 Å². The van der Waals surface area contributed by atoms with E-state index in [1.807, 2.05) is 0 Å². The second-order valence-corrected chi connectivity index (χ2v) is 4.38. The zero-order chi connectivity index (χ0) is 17.9. The lowest BCUT2D eigenvalue weighted by Crippen LogP contribution is -1.91. The van der Waals surface area contributed by atoms with Crippen molar-refractivity contribution in [2.45, 2.75) is 0 Å². The van der Waals surface area contributed by atoms with Crippen molar-refractivity contribution in [2.75, 3.05) is 0 Å². The summed E-state index contributed by atoms with van der Waals surface area (Å²) in [6.45, 7) is 0. The van der Waals surface area contributed by atoms with E-state index in [-0.39, 0.29) is 11.6 Å². The van der Waals surface area contributed by atoms with Gasteiger partial charge in [-0.15, -0.1) is 0 Å². The van der Waals surface area contributed by atoms with Crippen LogP contribution in [0.4, 0.5) is 20.2 Å². The highest BCUT2D eigenvalue weighted by atomic mass is 32.3. The molecule has 0 saturated carbocycles. The van der Waals surface area contributed by atoms with E-state index in [2.05, 4.69) is 9.95 Å². The monoisotopic (exact) mass is 342 g/mol. The highest BCUT2D eigenvalue weighted by Crippen LogP contribution is 2.11. The molecular formula is C12H8F2N4O4S. The van der Waals surface area contributed by atoms with Crippen LogP contribution in [-0.2, 0) is 10.4 Å². The summed E-state index contributed by atoms with van der Waals surface area (Å²) in [5.41, 5.74) is 0.716. The van der Waals surface area contributed by atoms with Crippen molar-refractivity contribution in [3.8, 4) is 0 Å². The molecule has 120 valence electrons. The fourth-order valence-electron chi connectivity index (χ4n) is 1.02. The predicted octanol–water partition coefficient (Wildman–Crippen LogP) is 3.28. The van der Waals surface area contributed by atoms with Gasteiger partial charge in [0.2, 0.25) is 10.8 Å². The summed E-state index contributed by atoms with van der Waals surface area (Å²) < 4.78 is 58.3. The van der Waals surface area contributed by atoms with Gasteiger partial charge in [0, 0.05) is 34.7 Å². The van der Waals surface area contributed by atoms with Crippen molar-refractivity contribution < 1.29 is 26.3 Å². The number of halogens is 2. The third-order valence-electron chi connectivity index (χ3n) is 1.88. The van der Waals surface area contributed by atoms with Gasteiger partial charge in [-0.05, 0) is 24.3 Å². The summed E-state index contributed by atoms with van der Waals surface area (Å²) in [5.74, 6) is -0.662. The SMILES string of the molecule is N#[N+]c1ccc(F)cc1.N#[N+]c1ccc(F)cc1.O=S(=O)([O-])[O-]. The van der Waals surface area contributed by atoms with Crippen LogP contribution in [-0.4, -0.2) is 17.5 Å². The Kier molecular flexibility index (Phi) is 8.58. The number of nitrogens with zero attached hydrogens (tertiary/aromatic N) is 4. The average molecular weight is 342 g/mol. The number of hydrogen-bond acceptors (Lipinski definition) is 6. The van der Waals surface area contributed by atoms with Crippen LogP contribution >= 0.6 is 0 Å². The van der Waals surface area contributed by atoms with Crippen LogP contribution in [0.25, 0.3) is 9.95 Å². The second kappa shape index (κ2) is 9.86. The van der Waals surface area contributed by atoms with Gasteiger partial charge in [-0.2, -0.15) is 0 Å². The summed E-state index contributed by atoms with van der Waals surface area (Å²) in [7, 11) is -5.17. The molecular weight excluding hydrogens is 334 g/mol. The Morgan fingerprint density at radius 3 is 1.13 bits per heavy atom. The van der Waals surface area contributed by atoms with Gasteiger partial charge in [-0.1, -0.05) is 0 Å². The number of rotatable bonds is 0. The lowest BCUT2D eigenvalue weighted by molar-refractivity contribution is 0.352. The van der Waals surface area contributed by atoms with Gasteiger partial charge in [0.1, 0.15) is 11.6 Å². The molecule has 0 aliphatic rings. The highest BCUT2D eigenvalue weighted by Gasteiger charge is 2.01. The summed E-state index contributed by atoms with van der Waals surface area (Å²) >= 11 is 0. The molecule has 0 atom stereocenters. The van der Waals surface area contributed by atoms with E-state index in [4.69, 9.17) is 28.3 Å². The molecule has 0 amide bonds. The lowest BCUT2D eigenvalue weighted by Gasteiger charge is -2.06. The molecule has 0 aliphatic carbocycles. The first-order chi connectivity index (χ1) is 10.7. The van der Waals surface area contributed by atoms with Crippen LogP contribution in [0.1, 0.15) is 0 Å². The highest BCUT2D eigenvalue weighted by molar-refractivity contribution is 7.79. The minimum absolute atomic E-state index is 0.331. The molecule has 11 heteroatoms. The molecule has 0 unspecified atom stereocenters. The maximum atomic E-state index is 12.1. The Morgan fingerprint density at radius 2 is 0.957 bits per heavy atom. The fourth-order valence-corrected chi connectivity index (χ4v) is 1.02. The molecule has 23 heavy (non-hydrogen) atoms. The van der Waals surface area contributed by atoms with Gasteiger partial charge >= 0.3 is 11.4 Å². The first-order valence-corrected chi connectivity index (χ1v) is 6.87. The molecule has 2 aromatic rings. The third-order valence-corrected chi connectivity index (χ3v) is 1.88. The topological polar surface area (TPSA) is 137 Å². The molecule has 0 aliphatic heterocycles. The maximum Gasteiger partial charge on any atom is 0.385 e. The predicted molar refractivity (Wildman–Crippen MR) is 72.8 cm³/mol. The second-order valence-electron chi connectivity index (χ2n) is 3.56. The van der Waals surface area contributed by atoms with Crippen molar-refractivity contribution in [2.24, 2.45) is 0 Å². The minimum Gasteiger partial charge on any atom is -0.759 e. The van der Waals surface area contributed by atoms with Crippen LogP contribution in [0.2, 0.25) is 0 Å². The summed E-state index contributed by atoms with van der Waals surface area (Å²) in [4.78, 5) is 5.69. The van der Waals surface area contributed by atoms with Crippen LogP contribution in [0.15, 0.2) is 48.5 Å². The number of diazo groups is 2. The molecule has 0 radical (unpaired) electrons. The smallest absolute Gasteiger partial charge is 0.385 e. The van der Waals surface area contributed by atoms with E-state index >= 15 is 0 Å². The van der Waals surface area contributed by atoms with E-state index in [0.29, 0.717) is 11.4 Å². The molecule has 0 saturated heterocycles. The van der Waals surface area contributed by atoms with Gasteiger partial charge in [-0.3, -0.25) is 8.42 Å². The standard InChI is InChI=1S/2C6H4FN2.H2O4S/c2*7-5-1-3-6(9-8)4-2-5;1-5(2,3)4/h2*1-4H;(H2,1,2,3,4)/q2*+1;/p-2. The largest absolute Gasteiger partial charge is 0.759 e. The Labute approximate surface area is 129 Å². The van der Waals surface area contributed by atoms with Gasteiger partial charge in [-0.25, -0.2) is 8.78 Å². The molecule has 0 fully saturated rings. The van der Waals surface area contributed by atoms with E-state index in [9.17, 15) is 8.78 Å². The van der Waals surface area contributed by atoms with E-state index in [1.54, 1.807) is 0 Å². The Bertz CT molecular complexity index is 733.